The van der Waals surface area contributed by atoms with E-state index >= 15 is 0 Å². The molecule has 0 heterocycles. The first kappa shape index (κ1) is 29.3. The molecule has 0 fully saturated rings. The van der Waals surface area contributed by atoms with E-state index in [0.717, 1.165) is 13.0 Å². The molecule has 1 aliphatic carbocycles. The van der Waals surface area contributed by atoms with Crippen LogP contribution in [-0.4, -0.2) is 27.3 Å². The van der Waals surface area contributed by atoms with Crippen molar-refractivity contribution in [1.29, 1.82) is 0 Å². The predicted octanol–water partition coefficient (Wildman–Crippen LogP) is 6.85. The standard InChI is InChI=1S/C13H9.C6H15OSi.C4H10N.CH3.2ClH.H2Si.Zr/c1-3-7-12-10(5-1)9-11-6-2-4-8-13(11)12;1-5-6-7-8(2,3)4;1-4(2,3)5;;;;;/h1-9H;1,5-6H2,2-4H3;5H,1-3H3;1H3;2*1H;1H2;/q;;-1;;;;;+1. The van der Waals surface area contributed by atoms with Crippen LogP contribution in [0.2, 0.25) is 28.4 Å². The van der Waals surface area contributed by atoms with Crippen LogP contribution in [0.15, 0.2) is 48.5 Å². The molecule has 1 N–H and O–H groups in total. The molecule has 0 amide bonds. The van der Waals surface area contributed by atoms with Gasteiger partial charge in [-0.15, -0.1) is 24.8 Å². The number of halogens is 2. The molecule has 0 aromatic heterocycles. The third-order valence-electron chi connectivity index (χ3n) is 5.98. The Bertz CT molecular complexity index is 923. The summed E-state index contributed by atoms with van der Waals surface area (Å²) in [6, 6.07) is 18.2. The van der Waals surface area contributed by atoms with Gasteiger partial charge in [-0.25, -0.2) is 0 Å². The van der Waals surface area contributed by atoms with Gasteiger partial charge in [-0.3, -0.25) is 0 Å². The number of fused-ring (bicyclic) bond motifs is 3. The van der Waals surface area contributed by atoms with Crippen molar-refractivity contribution < 1.29 is 22.1 Å². The smallest absolute Gasteiger partial charge is 0.147 e. The van der Waals surface area contributed by atoms with Crippen molar-refractivity contribution in [1.82, 2.24) is 3.26 Å². The number of rotatable bonds is 7. The largest absolute Gasteiger partial charge is 0.147 e. The van der Waals surface area contributed by atoms with Crippen molar-refractivity contribution in [2.24, 2.45) is 0 Å². The zero-order valence-corrected chi connectivity index (χ0v) is 26.8. The molecule has 31 heavy (non-hydrogen) atoms. The van der Waals surface area contributed by atoms with Crippen LogP contribution < -0.4 is 3.26 Å². The van der Waals surface area contributed by atoms with E-state index in [1.165, 1.54) is 15.3 Å². The van der Waals surface area contributed by atoms with Crippen molar-refractivity contribution in [3.63, 3.8) is 0 Å². The van der Waals surface area contributed by atoms with Gasteiger partial charge in [0.15, 0.2) is 0 Å². The van der Waals surface area contributed by atoms with E-state index in [1.54, 1.807) is 11.1 Å². The molecule has 174 valence electrons. The topological polar surface area (TPSA) is 21.3 Å². The van der Waals surface area contributed by atoms with Gasteiger partial charge in [0.05, 0.1) is 0 Å². The van der Waals surface area contributed by atoms with Gasteiger partial charge in [0.2, 0.25) is 0 Å². The second kappa shape index (κ2) is 10.3. The predicted molar refractivity (Wildman–Crippen MR) is 144 cm³/mol. The first-order valence-electron chi connectivity index (χ1n) is 11.0. The van der Waals surface area contributed by atoms with Crippen LogP contribution in [0.25, 0.3) is 11.1 Å². The molecule has 3 rings (SSSR count). The molecule has 0 atom stereocenters. The minimum atomic E-state index is -3.46. The first-order valence-corrected chi connectivity index (χ1v) is 27.1. The fourth-order valence-electron chi connectivity index (χ4n) is 5.41. The maximum atomic E-state index is 6.25. The molecule has 0 spiro atoms. The first-order chi connectivity index (χ1) is 13.3. The molecule has 0 radical (unpaired) electrons. The summed E-state index contributed by atoms with van der Waals surface area (Å²) in [6.45, 7) is 17.1. The molecule has 0 bridgehead atoms. The summed E-state index contributed by atoms with van der Waals surface area (Å²) in [5.74, 6) is 0. The molecular weight excluding hydrogens is 537 g/mol. The van der Waals surface area contributed by atoms with E-state index in [4.69, 9.17) is 4.43 Å². The van der Waals surface area contributed by atoms with Gasteiger partial charge in [0, 0.05) is 0 Å². The summed E-state index contributed by atoms with van der Waals surface area (Å²) in [5.41, 5.74) is 6.07. The second-order valence-electron chi connectivity index (χ2n) is 11.4. The summed E-state index contributed by atoms with van der Waals surface area (Å²) in [4.78, 5) is 0. The molecule has 0 saturated heterocycles. The minimum absolute atomic E-state index is 0. The van der Waals surface area contributed by atoms with Crippen molar-refractivity contribution >= 4 is 40.0 Å². The number of nitrogens with one attached hydrogen (secondary N) is 1. The van der Waals surface area contributed by atoms with Gasteiger partial charge in [-0.05, 0) is 0 Å². The number of benzene rings is 2. The SMILES string of the molecule is CC(C)(C)[NH][Zr]([CH3])(=[SiH2])([CH2]CCO[Si](C)(C)C)[CH]1c2ccccc2-c2ccccc21.Cl.Cl. The van der Waals surface area contributed by atoms with Gasteiger partial charge in [0.25, 0.3) is 0 Å². The van der Waals surface area contributed by atoms with E-state index in [1.807, 2.05) is 0 Å². The van der Waals surface area contributed by atoms with E-state index in [2.05, 4.69) is 104 Å². The molecule has 2 aromatic carbocycles. The molecule has 2 nitrogen and oxygen atoms in total. The van der Waals surface area contributed by atoms with E-state index < -0.39 is 26.0 Å². The monoisotopic (exact) mass is 575 g/mol. The molecule has 0 saturated carbocycles. The Morgan fingerprint density at radius 2 is 1.39 bits per heavy atom. The Morgan fingerprint density at radius 1 is 0.935 bits per heavy atom. The average molecular weight is 578 g/mol. The summed E-state index contributed by atoms with van der Waals surface area (Å²) in [7, 11) is -1.47. The molecule has 0 unspecified atom stereocenters. The van der Waals surface area contributed by atoms with E-state index in [9.17, 15) is 0 Å². The number of hydrogen-bond acceptors (Lipinski definition) is 2. The quantitative estimate of drug-likeness (QED) is 0.287. The van der Waals surface area contributed by atoms with Crippen LogP contribution in [0.3, 0.4) is 0 Å². The van der Waals surface area contributed by atoms with Crippen LogP contribution in [0.1, 0.15) is 41.9 Å². The summed E-state index contributed by atoms with van der Waals surface area (Å²) in [6.07, 6.45) is 1.15. The summed E-state index contributed by atoms with van der Waals surface area (Å²) in [5, 5.41) is 0. The van der Waals surface area contributed by atoms with Crippen molar-refractivity contribution in [3.05, 3.63) is 59.7 Å². The van der Waals surface area contributed by atoms with Crippen LogP contribution in [0, 0.1) is 0 Å². The zero-order valence-electron chi connectivity index (χ0n) is 20.2. The zero-order chi connectivity index (χ0) is 21.5. The summed E-state index contributed by atoms with van der Waals surface area (Å²) >= 11 is -3.46. The molecule has 2 aromatic rings. The van der Waals surface area contributed by atoms with Gasteiger partial charge in [-0.1, -0.05) is 0 Å². The Kier molecular flexibility index (Phi) is 9.69. The van der Waals surface area contributed by atoms with Crippen LogP contribution in [-0.2, 0) is 22.1 Å². The van der Waals surface area contributed by atoms with Gasteiger partial charge < -0.3 is 0 Å². The third kappa shape index (κ3) is 6.88. The van der Waals surface area contributed by atoms with Crippen LogP contribution in [0.5, 0.6) is 0 Å². The fourth-order valence-corrected chi connectivity index (χ4v) is 28.7. The Balaban J connectivity index is 0.00000240. The van der Waals surface area contributed by atoms with Gasteiger partial charge >= 0.3 is 183 Å². The molecule has 7 heteroatoms. The minimum Gasteiger partial charge on any atom is -0.147 e. The average Bonchev–Trinajstić information content (AvgIpc) is 2.92. The van der Waals surface area contributed by atoms with Gasteiger partial charge in [0.1, 0.15) is 0 Å². The Hall–Kier alpha value is 0.257. The van der Waals surface area contributed by atoms with Crippen LogP contribution in [0.4, 0.5) is 0 Å². The third-order valence-corrected chi connectivity index (χ3v) is 26.2. The Morgan fingerprint density at radius 3 is 1.81 bits per heavy atom. The molecule has 0 aliphatic heterocycles. The van der Waals surface area contributed by atoms with E-state index in [-0.39, 0.29) is 30.4 Å². The molecule has 1 aliphatic rings. The second-order valence-corrected chi connectivity index (χ2v) is 42.7. The molecular formula is C24H41Cl2NOSi2Zr. The van der Waals surface area contributed by atoms with E-state index in [0.29, 0.717) is 3.63 Å². The fraction of sp³-hybridized carbons (Fsp3) is 0.500. The van der Waals surface area contributed by atoms with Crippen molar-refractivity contribution in [3.8, 4) is 11.1 Å². The van der Waals surface area contributed by atoms with Crippen molar-refractivity contribution in [2.75, 3.05) is 6.61 Å². The maximum Gasteiger partial charge on any atom is -0.147 e. The van der Waals surface area contributed by atoms with Crippen molar-refractivity contribution in [2.45, 2.75) is 64.8 Å². The number of hydrogen-bond donors (Lipinski definition) is 1. The maximum absolute atomic E-state index is 6.25. The van der Waals surface area contributed by atoms with Gasteiger partial charge in [-0.2, -0.15) is 0 Å². The van der Waals surface area contributed by atoms with Crippen LogP contribution >= 0.6 is 24.8 Å². The normalized spacial score (nSPS) is 14.3. The Labute approximate surface area is 206 Å². The summed E-state index contributed by atoms with van der Waals surface area (Å²) < 4.78 is 15.0.